The van der Waals surface area contributed by atoms with E-state index in [1.54, 1.807) is 24.7 Å². The molecule has 0 aliphatic rings. The minimum Gasteiger partial charge on any atom is -0.461 e. The van der Waals surface area contributed by atoms with E-state index in [9.17, 15) is 9.59 Å². The van der Waals surface area contributed by atoms with Crippen molar-refractivity contribution < 1.29 is 14.3 Å². The minimum absolute atomic E-state index is 0.0896. The second-order valence-corrected chi connectivity index (χ2v) is 8.11. The summed E-state index contributed by atoms with van der Waals surface area (Å²) in [6.45, 7) is 1.98. The topological polar surface area (TPSA) is 112 Å². The van der Waals surface area contributed by atoms with Crippen LogP contribution in [0, 0.1) is 0 Å². The molecule has 0 atom stereocenters. The Labute approximate surface area is 191 Å². The van der Waals surface area contributed by atoms with Crippen LogP contribution in [-0.4, -0.2) is 49.0 Å². The Hall–Kier alpha value is -3.57. The van der Waals surface area contributed by atoms with E-state index in [1.807, 2.05) is 47.0 Å². The SMILES string of the molecule is CCOC(=O)c1csc(NC(=O)CSc2nnc(-c3cccnc3)n2-c2ccccc2)n1. The number of pyridine rings is 1. The fourth-order valence-electron chi connectivity index (χ4n) is 2.77. The molecule has 9 nitrogen and oxygen atoms in total. The van der Waals surface area contributed by atoms with Crippen molar-refractivity contribution in [1.82, 2.24) is 24.7 Å². The molecule has 0 spiro atoms. The van der Waals surface area contributed by atoms with Gasteiger partial charge in [0, 0.05) is 29.0 Å². The van der Waals surface area contributed by atoms with Gasteiger partial charge in [-0.1, -0.05) is 30.0 Å². The summed E-state index contributed by atoms with van der Waals surface area (Å²) in [5.74, 6) is -0.0687. The molecule has 3 aromatic heterocycles. The van der Waals surface area contributed by atoms with Gasteiger partial charge in [-0.2, -0.15) is 0 Å². The summed E-state index contributed by atoms with van der Waals surface area (Å²) in [7, 11) is 0. The van der Waals surface area contributed by atoms with Gasteiger partial charge in [-0.05, 0) is 31.2 Å². The van der Waals surface area contributed by atoms with Gasteiger partial charge in [-0.25, -0.2) is 9.78 Å². The zero-order valence-corrected chi connectivity index (χ0v) is 18.6. The first-order valence-corrected chi connectivity index (χ1v) is 11.5. The summed E-state index contributed by atoms with van der Waals surface area (Å²) in [6, 6.07) is 13.4. The minimum atomic E-state index is -0.516. The number of hydrogen-bond acceptors (Lipinski definition) is 9. The molecule has 1 aromatic carbocycles. The maximum atomic E-state index is 12.5. The molecular weight excluding hydrogens is 448 g/mol. The summed E-state index contributed by atoms with van der Waals surface area (Å²) >= 11 is 2.41. The lowest BCUT2D eigenvalue weighted by atomic mass is 10.2. The number of ether oxygens (including phenoxy) is 1. The quantitative estimate of drug-likeness (QED) is 0.309. The normalized spacial score (nSPS) is 10.7. The highest BCUT2D eigenvalue weighted by atomic mass is 32.2. The monoisotopic (exact) mass is 466 g/mol. The smallest absolute Gasteiger partial charge is 0.357 e. The third-order valence-electron chi connectivity index (χ3n) is 4.13. The average molecular weight is 467 g/mol. The first-order valence-electron chi connectivity index (χ1n) is 9.62. The second kappa shape index (κ2) is 10.2. The molecule has 162 valence electrons. The van der Waals surface area contributed by atoms with E-state index < -0.39 is 5.97 Å². The van der Waals surface area contributed by atoms with Gasteiger partial charge in [0.25, 0.3) is 0 Å². The summed E-state index contributed by atoms with van der Waals surface area (Å²) in [5, 5.41) is 13.8. The maximum Gasteiger partial charge on any atom is 0.357 e. The third-order valence-corrected chi connectivity index (χ3v) is 5.82. The van der Waals surface area contributed by atoms with E-state index >= 15 is 0 Å². The fourth-order valence-corrected chi connectivity index (χ4v) is 4.22. The lowest BCUT2D eigenvalue weighted by Gasteiger charge is -2.10. The van der Waals surface area contributed by atoms with Gasteiger partial charge in [0.15, 0.2) is 21.8 Å². The number of aromatic nitrogens is 5. The first-order chi connectivity index (χ1) is 15.7. The molecule has 1 amide bonds. The Morgan fingerprint density at radius 1 is 1.16 bits per heavy atom. The molecule has 4 aromatic rings. The molecule has 0 saturated heterocycles. The van der Waals surface area contributed by atoms with Crippen LogP contribution in [0.3, 0.4) is 0 Å². The van der Waals surface area contributed by atoms with E-state index in [0.29, 0.717) is 16.1 Å². The molecule has 0 bridgehead atoms. The number of amides is 1. The van der Waals surface area contributed by atoms with Crippen molar-refractivity contribution in [2.75, 3.05) is 17.7 Å². The summed E-state index contributed by atoms with van der Waals surface area (Å²) in [4.78, 5) is 32.5. The van der Waals surface area contributed by atoms with Crippen LogP contribution in [0.2, 0.25) is 0 Å². The van der Waals surface area contributed by atoms with Gasteiger partial charge in [0.05, 0.1) is 12.4 Å². The molecule has 0 aliphatic heterocycles. The van der Waals surface area contributed by atoms with E-state index in [1.165, 1.54) is 11.8 Å². The van der Waals surface area contributed by atoms with Crippen molar-refractivity contribution in [2.24, 2.45) is 0 Å². The molecule has 0 aliphatic carbocycles. The largest absolute Gasteiger partial charge is 0.461 e. The Morgan fingerprint density at radius 2 is 2.00 bits per heavy atom. The van der Waals surface area contributed by atoms with Crippen LogP contribution >= 0.6 is 23.1 Å². The van der Waals surface area contributed by atoms with Gasteiger partial charge in [-0.3, -0.25) is 14.3 Å². The van der Waals surface area contributed by atoms with Gasteiger partial charge < -0.3 is 10.1 Å². The Balaban J connectivity index is 1.49. The Bertz CT molecular complexity index is 1210. The maximum absolute atomic E-state index is 12.5. The van der Waals surface area contributed by atoms with Crippen LogP contribution in [0.5, 0.6) is 0 Å². The molecule has 0 saturated carbocycles. The van der Waals surface area contributed by atoms with E-state index in [2.05, 4.69) is 25.5 Å². The lowest BCUT2D eigenvalue weighted by Crippen LogP contribution is -2.15. The van der Waals surface area contributed by atoms with E-state index in [0.717, 1.165) is 22.6 Å². The highest BCUT2D eigenvalue weighted by Gasteiger charge is 2.18. The number of esters is 1. The summed E-state index contributed by atoms with van der Waals surface area (Å²) in [5.41, 5.74) is 1.86. The molecule has 0 fully saturated rings. The molecule has 4 rings (SSSR count). The second-order valence-electron chi connectivity index (χ2n) is 6.31. The molecule has 32 heavy (non-hydrogen) atoms. The van der Waals surface area contributed by atoms with Gasteiger partial charge in [0.1, 0.15) is 0 Å². The Kier molecular flexibility index (Phi) is 6.87. The van der Waals surface area contributed by atoms with Crippen LogP contribution < -0.4 is 5.32 Å². The first kappa shape index (κ1) is 21.7. The van der Waals surface area contributed by atoms with Gasteiger partial charge >= 0.3 is 5.97 Å². The van der Waals surface area contributed by atoms with Crippen molar-refractivity contribution in [3.05, 3.63) is 65.9 Å². The number of nitrogens with zero attached hydrogens (tertiary/aromatic N) is 5. The van der Waals surface area contributed by atoms with Gasteiger partial charge in [-0.15, -0.1) is 21.5 Å². The third kappa shape index (κ3) is 5.01. The number of nitrogens with one attached hydrogen (secondary N) is 1. The molecule has 0 radical (unpaired) electrons. The molecule has 11 heteroatoms. The van der Waals surface area contributed by atoms with Crippen LogP contribution in [0.1, 0.15) is 17.4 Å². The number of thiazole rings is 1. The number of carbonyl (C=O) groups is 2. The predicted octanol–water partition coefficient (Wildman–Crippen LogP) is 3.69. The van der Waals surface area contributed by atoms with E-state index in [4.69, 9.17) is 4.74 Å². The summed E-state index contributed by atoms with van der Waals surface area (Å²) in [6.07, 6.45) is 3.41. The summed E-state index contributed by atoms with van der Waals surface area (Å²) < 4.78 is 6.80. The predicted molar refractivity (Wildman–Crippen MR) is 122 cm³/mol. The zero-order valence-electron chi connectivity index (χ0n) is 17.0. The molecule has 1 N–H and O–H groups in total. The highest BCUT2D eigenvalue weighted by molar-refractivity contribution is 7.99. The molecule has 3 heterocycles. The number of para-hydroxylation sites is 1. The van der Waals surface area contributed by atoms with Crippen LogP contribution in [-0.2, 0) is 9.53 Å². The Morgan fingerprint density at radius 3 is 2.75 bits per heavy atom. The fraction of sp³-hybridized carbons (Fsp3) is 0.143. The average Bonchev–Trinajstić information content (AvgIpc) is 3.46. The standard InChI is InChI=1S/C21H18N6O3S2/c1-2-30-19(29)16-12-31-20(23-16)24-17(28)13-32-21-26-25-18(14-7-6-10-22-11-14)27(21)15-8-4-3-5-9-15/h3-12H,2,13H2,1H3,(H,23,24,28). The van der Waals surface area contributed by atoms with E-state index in [-0.39, 0.29) is 24.0 Å². The molecular formula is C21H18N6O3S2. The number of carbonyl (C=O) groups excluding carboxylic acids is 2. The van der Waals surface area contributed by atoms with Crippen molar-refractivity contribution in [2.45, 2.75) is 12.1 Å². The number of thioether (sulfide) groups is 1. The number of benzene rings is 1. The van der Waals surface area contributed by atoms with Crippen molar-refractivity contribution >= 4 is 40.1 Å². The number of anilines is 1. The van der Waals surface area contributed by atoms with Gasteiger partial charge in [0.2, 0.25) is 5.91 Å². The highest BCUT2D eigenvalue weighted by Crippen LogP contribution is 2.27. The lowest BCUT2D eigenvalue weighted by molar-refractivity contribution is -0.113. The number of hydrogen-bond donors (Lipinski definition) is 1. The molecule has 0 unspecified atom stereocenters. The van der Waals surface area contributed by atoms with Crippen LogP contribution in [0.25, 0.3) is 17.1 Å². The van der Waals surface area contributed by atoms with Crippen molar-refractivity contribution in [3.63, 3.8) is 0 Å². The van der Waals surface area contributed by atoms with Crippen molar-refractivity contribution in [1.29, 1.82) is 0 Å². The van der Waals surface area contributed by atoms with Crippen LogP contribution in [0.4, 0.5) is 5.13 Å². The zero-order chi connectivity index (χ0) is 22.3. The van der Waals surface area contributed by atoms with Crippen molar-refractivity contribution in [3.8, 4) is 17.1 Å². The van der Waals surface area contributed by atoms with Crippen LogP contribution in [0.15, 0.2) is 65.4 Å². The number of rotatable bonds is 8.